The van der Waals surface area contributed by atoms with Gasteiger partial charge in [0.1, 0.15) is 24.3 Å². The number of nitrogens with one attached hydrogen (secondary N) is 1. The number of nitrogens with zero attached hydrogens (tertiary/aromatic N) is 2. The van der Waals surface area contributed by atoms with E-state index in [2.05, 4.69) is 9.80 Å². The summed E-state index contributed by atoms with van der Waals surface area (Å²) < 4.78 is 42.2. The molecule has 164 valence electrons. The SMILES string of the molecule is Cc1ccc(OCC(O)CN2CCN(c3ccc(C)c(F)c3)CC2)cc1.N=S(=O)=O. The average molecular weight is 438 g/mol. The van der Waals surface area contributed by atoms with Gasteiger partial charge in [0.15, 0.2) is 0 Å². The van der Waals surface area contributed by atoms with Crippen molar-refractivity contribution >= 4 is 16.2 Å². The van der Waals surface area contributed by atoms with Crippen molar-refractivity contribution in [2.75, 3.05) is 44.2 Å². The molecule has 3 rings (SSSR count). The van der Waals surface area contributed by atoms with E-state index in [0.717, 1.165) is 37.6 Å². The first kappa shape index (κ1) is 23.8. The molecule has 0 amide bonds. The van der Waals surface area contributed by atoms with Gasteiger partial charge in [0.25, 0.3) is 0 Å². The van der Waals surface area contributed by atoms with E-state index in [1.165, 1.54) is 5.56 Å². The minimum Gasteiger partial charge on any atom is -0.491 e. The zero-order valence-corrected chi connectivity index (χ0v) is 18.0. The summed E-state index contributed by atoms with van der Waals surface area (Å²) in [5.41, 5.74) is 2.78. The molecule has 1 aliphatic rings. The van der Waals surface area contributed by atoms with Crippen molar-refractivity contribution in [2.24, 2.45) is 0 Å². The Morgan fingerprint density at radius 1 is 1.10 bits per heavy atom. The summed E-state index contributed by atoms with van der Waals surface area (Å²) in [6, 6.07) is 13.2. The zero-order valence-electron chi connectivity index (χ0n) is 17.2. The summed E-state index contributed by atoms with van der Waals surface area (Å²) in [4.78, 5) is 4.42. The Labute approximate surface area is 178 Å². The summed E-state index contributed by atoms with van der Waals surface area (Å²) in [7, 11) is -2.61. The van der Waals surface area contributed by atoms with E-state index in [0.29, 0.717) is 12.1 Å². The second-order valence-corrected chi connectivity index (χ2v) is 7.70. The topological polar surface area (TPSA) is 93.9 Å². The van der Waals surface area contributed by atoms with Gasteiger partial charge in [-0.1, -0.05) is 23.8 Å². The minimum absolute atomic E-state index is 0.159. The molecule has 30 heavy (non-hydrogen) atoms. The highest BCUT2D eigenvalue weighted by atomic mass is 32.2. The van der Waals surface area contributed by atoms with Crippen molar-refractivity contribution in [1.82, 2.24) is 4.90 Å². The van der Waals surface area contributed by atoms with Gasteiger partial charge in [-0.05, 0) is 43.7 Å². The Kier molecular flexibility index (Phi) is 9.22. The van der Waals surface area contributed by atoms with E-state index in [9.17, 15) is 9.50 Å². The number of hydrogen-bond acceptors (Lipinski definition) is 7. The third kappa shape index (κ3) is 8.10. The number of anilines is 1. The number of β-amino-alcohol motifs (C(OH)–C–C–N with tert-alkyl or cyclic N) is 1. The maximum absolute atomic E-state index is 13.7. The Balaban J connectivity index is 0.000000735. The molecule has 2 N–H and O–H groups in total. The van der Waals surface area contributed by atoms with Crippen LogP contribution in [0.15, 0.2) is 42.5 Å². The fourth-order valence-corrected chi connectivity index (χ4v) is 3.14. The molecule has 1 fully saturated rings. The molecule has 1 saturated heterocycles. The monoisotopic (exact) mass is 437 g/mol. The Bertz CT molecular complexity index is 908. The van der Waals surface area contributed by atoms with Crippen LogP contribution in [0.1, 0.15) is 11.1 Å². The first-order valence-electron chi connectivity index (χ1n) is 9.66. The second kappa shape index (κ2) is 11.6. The first-order valence-corrected chi connectivity index (χ1v) is 10.7. The van der Waals surface area contributed by atoms with Crippen LogP contribution >= 0.6 is 0 Å². The summed E-state index contributed by atoms with van der Waals surface area (Å²) >= 11 is 0. The van der Waals surface area contributed by atoms with E-state index in [1.54, 1.807) is 13.0 Å². The van der Waals surface area contributed by atoms with Crippen molar-refractivity contribution in [3.63, 3.8) is 0 Å². The molecule has 7 nitrogen and oxygen atoms in total. The Morgan fingerprint density at radius 3 is 2.27 bits per heavy atom. The molecular formula is C21H28FN3O4S. The van der Waals surface area contributed by atoms with Crippen molar-refractivity contribution in [1.29, 1.82) is 4.78 Å². The predicted molar refractivity (Wildman–Crippen MR) is 114 cm³/mol. The average Bonchev–Trinajstić information content (AvgIpc) is 2.70. The number of halogens is 1. The van der Waals surface area contributed by atoms with Crippen LogP contribution in [0, 0.1) is 24.4 Å². The van der Waals surface area contributed by atoms with Crippen molar-refractivity contribution in [3.8, 4) is 5.75 Å². The maximum Gasteiger partial charge on any atom is 0.308 e. The number of piperazine rings is 1. The number of aliphatic hydroxyl groups is 1. The first-order chi connectivity index (χ1) is 14.2. The van der Waals surface area contributed by atoms with Crippen LogP contribution in [0.25, 0.3) is 0 Å². The smallest absolute Gasteiger partial charge is 0.308 e. The molecule has 0 bridgehead atoms. The summed E-state index contributed by atoms with van der Waals surface area (Å²) in [6.45, 7) is 8.02. The number of aryl methyl sites for hydroxylation is 2. The van der Waals surface area contributed by atoms with Crippen molar-refractivity contribution < 1.29 is 22.7 Å². The van der Waals surface area contributed by atoms with Crippen LogP contribution in [0.3, 0.4) is 0 Å². The number of rotatable bonds is 6. The summed E-state index contributed by atoms with van der Waals surface area (Å²) in [5.74, 6) is 0.620. The van der Waals surface area contributed by atoms with Gasteiger partial charge in [0.2, 0.25) is 0 Å². The summed E-state index contributed by atoms with van der Waals surface area (Å²) in [6.07, 6.45) is -0.528. The third-order valence-corrected chi connectivity index (χ3v) is 4.83. The van der Waals surface area contributed by atoms with Gasteiger partial charge >= 0.3 is 10.5 Å². The molecule has 9 heteroatoms. The molecule has 1 heterocycles. The maximum atomic E-state index is 13.7. The normalized spacial score (nSPS) is 15.1. The van der Waals surface area contributed by atoms with Gasteiger partial charge in [0, 0.05) is 38.4 Å². The third-order valence-electron chi connectivity index (χ3n) is 4.83. The molecule has 2 aromatic rings. The fraction of sp³-hybridized carbons (Fsp3) is 0.429. The Morgan fingerprint density at radius 2 is 1.70 bits per heavy atom. The highest BCUT2D eigenvalue weighted by molar-refractivity contribution is 7.60. The largest absolute Gasteiger partial charge is 0.491 e. The van der Waals surface area contributed by atoms with Crippen LogP contribution in [0.4, 0.5) is 10.1 Å². The van der Waals surface area contributed by atoms with Crippen LogP contribution in [0.2, 0.25) is 0 Å². The number of ether oxygens (including phenoxy) is 1. The number of benzene rings is 2. The second-order valence-electron chi connectivity index (χ2n) is 7.23. The lowest BCUT2D eigenvalue weighted by atomic mass is 10.2. The van der Waals surface area contributed by atoms with Crippen molar-refractivity contribution in [2.45, 2.75) is 20.0 Å². The molecule has 1 aliphatic heterocycles. The Hall–Kier alpha value is -2.49. The predicted octanol–water partition coefficient (Wildman–Crippen LogP) is 2.63. The lowest BCUT2D eigenvalue weighted by molar-refractivity contribution is 0.0663. The molecule has 0 saturated carbocycles. The standard InChI is InChI=1S/C21H27FN2O2.HNO2S/c1-16-3-7-20(8-4-16)26-15-19(25)14-23-9-11-24(12-10-23)18-6-5-17(2)21(22)13-18;1-4(2)3/h3-8,13,19,25H,9-12,14-15H2,1-2H3;1H. The molecule has 1 atom stereocenters. The van der Waals surface area contributed by atoms with Gasteiger partial charge in [0.05, 0.1) is 0 Å². The van der Waals surface area contributed by atoms with Crippen LogP contribution in [0.5, 0.6) is 5.75 Å². The fourth-order valence-electron chi connectivity index (χ4n) is 3.14. The lowest BCUT2D eigenvalue weighted by Crippen LogP contribution is -2.49. The molecule has 2 aromatic carbocycles. The highest BCUT2D eigenvalue weighted by Gasteiger charge is 2.20. The number of hydrogen-bond donors (Lipinski definition) is 2. The van der Waals surface area contributed by atoms with E-state index < -0.39 is 16.6 Å². The molecular weight excluding hydrogens is 409 g/mol. The quantitative estimate of drug-likeness (QED) is 0.722. The number of aliphatic hydroxyl groups excluding tert-OH is 1. The summed E-state index contributed by atoms with van der Waals surface area (Å²) in [5, 5.41) is 10.2. The molecule has 0 aromatic heterocycles. The van der Waals surface area contributed by atoms with Gasteiger partial charge in [-0.25, -0.2) is 4.39 Å². The van der Waals surface area contributed by atoms with Gasteiger partial charge in [-0.2, -0.15) is 13.2 Å². The highest BCUT2D eigenvalue weighted by Crippen LogP contribution is 2.20. The van der Waals surface area contributed by atoms with Crippen LogP contribution < -0.4 is 9.64 Å². The van der Waals surface area contributed by atoms with E-state index in [4.69, 9.17) is 17.9 Å². The van der Waals surface area contributed by atoms with Crippen LogP contribution in [-0.4, -0.2) is 63.9 Å². The van der Waals surface area contributed by atoms with Gasteiger partial charge < -0.3 is 14.7 Å². The van der Waals surface area contributed by atoms with Gasteiger partial charge in [-0.3, -0.25) is 4.90 Å². The minimum atomic E-state index is -2.61. The van der Waals surface area contributed by atoms with Crippen molar-refractivity contribution in [3.05, 3.63) is 59.4 Å². The zero-order chi connectivity index (χ0) is 22.1. The van der Waals surface area contributed by atoms with E-state index in [-0.39, 0.29) is 12.4 Å². The molecule has 1 unspecified atom stereocenters. The van der Waals surface area contributed by atoms with Gasteiger partial charge in [-0.15, -0.1) is 0 Å². The lowest BCUT2D eigenvalue weighted by Gasteiger charge is -2.37. The molecule has 0 aliphatic carbocycles. The molecule has 0 radical (unpaired) electrons. The molecule has 0 spiro atoms. The van der Waals surface area contributed by atoms with E-state index in [1.807, 2.05) is 43.3 Å². The van der Waals surface area contributed by atoms with E-state index >= 15 is 0 Å². The van der Waals surface area contributed by atoms with Crippen LogP contribution in [-0.2, 0) is 10.5 Å².